The summed E-state index contributed by atoms with van der Waals surface area (Å²) in [4.78, 5) is 26.9. The van der Waals surface area contributed by atoms with E-state index < -0.39 is 0 Å². The molecule has 2 aromatic carbocycles. The lowest BCUT2D eigenvalue weighted by atomic mass is 9.89. The second-order valence-corrected chi connectivity index (χ2v) is 6.52. The molecular formula is C21H24N2O4. The fourth-order valence-corrected chi connectivity index (χ4v) is 3.24. The number of nitrogens with zero attached hydrogens (tertiary/aromatic N) is 1. The Morgan fingerprint density at radius 1 is 0.963 bits per heavy atom. The fraction of sp³-hybridized carbons (Fsp3) is 0.333. The number of Topliss-reactive ketones (excluding diaryl/α,β-unsaturated/α-hetero) is 1. The molecule has 3 rings (SSSR count). The van der Waals surface area contributed by atoms with E-state index in [-0.39, 0.29) is 17.7 Å². The molecule has 0 spiro atoms. The molecule has 0 bridgehead atoms. The molecule has 27 heavy (non-hydrogen) atoms. The molecule has 0 saturated carbocycles. The van der Waals surface area contributed by atoms with Crippen molar-refractivity contribution < 1.29 is 19.1 Å². The van der Waals surface area contributed by atoms with Crippen LogP contribution >= 0.6 is 0 Å². The molecular weight excluding hydrogens is 344 g/mol. The van der Waals surface area contributed by atoms with E-state index in [1.165, 1.54) is 0 Å². The van der Waals surface area contributed by atoms with Crippen LogP contribution in [-0.4, -0.2) is 44.0 Å². The molecule has 1 saturated heterocycles. The molecule has 6 heteroatoms. The number of likely N-dealkylation sites (tertiary alicyclic amines) is 1. The number of ether oxygens (including phenoxy) is 2. The van der Waals surface area contributed by atoms with Crippen molar-refractivity contribution in [1.29, 1.82) is 0 Å². The molecule has 0 radical (unpaired) electrons. The van der Waals surface area contributed by atoms with E-state index in [2.05, 4.69) is 5.32 Å². The Morgan fingerprint density at radius 2 is 1.63 bits per heavy atom. The van der Waals surface area contributed by atoms with Crippen LogP contribution in [0, 0.1) is 5.92 Å². The summed E-state index contributed by atoms with van der Waals surface area (Å²) in [5.74, 6) is 1.50. The monoisotopic (exact) mass is 368 g/mol. The number of urea groups is 1. The van der Waals surface area contributed by atoms with Crippen molar-refractivity contribution in [1.82, 2.24) is 4.90 Å². The third-order valence-corrected chi connectivity index (χ3v) is 4.85. The number of carbonyl (C=O) groups is 2. The summed E-state index contributed by atoms with van der Waals surface area (Å²) >= 11 is 0. The Labute approximate surface area is 159 Å². The van der Waals surface area contributed by atoms with E-state index in [0.717, 1.165) is 5.75 Å². The average Bonchev–Trinajstić information content (AvgIpc) is 2.73. The Morgan fingerprint density at radius 3 is 2.26 bits per heavy atom. The van der Waals surface area contributed by atoms with E-state index in [4.69, 9.17) is 9.47 Å². The van der Waals surface area contributed by atoms with Crippen LogP contribution in [-0.2, 0) is 0 Å². The number of methoxy groups -OCH3 is 2. The average molecular weight is 368 g/mol. The van der Waals surface area contributed by atoms with E-state index in [9.17, 15) is 9.59 Å². The highest BCUT2D eigenvalue weighted by molar-refractivity contribution is 5.98. The van der Waals surface area contributed by atoms with Crippen molar-refractivity contribution in [2.24, 2.45) is 5.92 Å². The van der Waals surface area contributed by atoms with Crippen molar-refractivity contribution >= 4 is 17.5 Å². The number of amides is 2. The minimum Gasteiger partial charge on any atom is -0.497 e. The lowest BCUT2D eigenvalue weighted by Crippen LogP contribution is -2.42. The van der Waals surface area contributed by atoms with E-state index in [1.54, 1.807) is 49.5 Å². The van der Waals surface area contributed by atoms with Crippen LogP contribution in [0.3, 0.4) is 0 Å². The van der Waals surface area contributed by atoms with Gasteiger partial charge in [0.25, 0.3) is 0 Å². The van der Waals surface area contributed by atoms with Crippen molar-refractivity contribution in [3.63, 3.8) is 0 Å². The molecule has 0 unspecified atom stereocenters. The molecule has 142 valence electrons. The summed E-state index contributed by atoms with van der Waals surface area (Å²) in [6, 6.07) is 14.3. The highest BCUT2D eigenvalue weighted by atomic mass is 16.5. The molecule has 1 aliphatic rings. The number of hydrogen-bond acceptors (Lipinski definition) is 4. The number of anilines is 1. The largest absolute Gasteiger partial charge is 0.497 e. The van der Waals surface area contributed by atoms with Crippen LogP contribution in [0.4, 0.5) is 10.5 Å². The van der Waals surface area contributed by atoms with Crippen molar-refractivity contribution in [3.8, 4) is 11.5 Å². The smallest absolute Gasteiger partial charge is 0.321 e. The van der Waals surface area contributed by atoms with Crippen LogP contribution in [0.2, 0.25) is 0 Å². The first-order valence-corrected chi connectivity index (χ1v) is 8.99. The number of ketones is 1. The Bertz CT molecular complexity index is 796. The number of benzene rings is 2. The zero-order valence-corrected chi connectivity index (χ0v) is 15.6. The Kier molecular flexibility index (Phi) is 5.96. The van der Waals surface area contributed by atoms with Crippen LogP contribution in [0.15, 0.2) is 48.5 Å². The van der Waals surface area contributed by atoms with Gasteiger partial charge in [-0.2, -0.15) is 0 Å². The maximum atomic E-state index is 12.7. The van der Waals surface area contributed by atoms with Crippen molar-refractivity contribution in [3.05, 3.63) is 54.1 Å². The van der Waals surface area contributed by atoms with Gasteiger partial charge in [0.05, 0.1) is 14.2 Å². The van der Waals surface area contributed by atoms with E-state index in [0.29, 0.717) is 42.9 Å². The predicted octanol–water partition coefficient (Wildman–Crippen LogP) is 3.83. The minimum absolute atomic E-state index is 0.0562. The molecule has 1 heterocycles. The topological polar surface area (TPSA) is 67.9 Å². The van der Waals surface area contributed by atoms with Gasteiger partial charge in [-0.3, -0.25) is 4.79 Å². The van der Waals surface area contributed by atoms with Crippen LogP contribution in [0.5, 0.6) is 11.5 Å². The maximum Gasteiger partial charge on any atom is 0.321 e. The van der Waals surface area contributed by atoms with Gasteiger partial charge in [-0.1, -0.05) is 6.07 Å². The number of rotatable bonds is 5. The first-order valence-electron chi connectivity index (χ1n) is 8.99. The third-order valence-electron chi connectivity index (χ3n) is 4.85. The predicted molar refractivity (Wildman–Crippen MR) is 104 cm³/mol. The summed E-state index contributed by atoms with van der Waals surface area (Å²) in [6.07, 6.45) is 1.33. The van der Waals surface area contributed by atoms with Crippen molar-refractivity contribution in [2.75, 3.05) is 32.6 Å². The first-order chi connectivity index (χ1) is 13.1. The molecule has 0 atom stereocenters. The summed E-state index contributed by atoms with van der Waals surface area (Å²) in [5, 5.41) is 2.88. The minimum atomic E-state index is -0.154. The van der Waals surface area contributed by atoms with Gasteiger partial charge in [-0.15, -0.1) is 0 Å². The SMILES string of the molecule is COc1ccc(C(=O)C2CCN(C(=O)Nc3cccc(OC)c3)CC2)cc1. The number of piperidine rings is 1. The van der Waals surface area contributed by atoms with Gasteiger partial charge in [-0.25, -0.2) is 4.79 Å². The number of hydrogen-bond donors (Lipinski definition) is 1. The van der Waals surface area contributed by atoms with Gasteiger partial charge in [-0.05, 0) is 49.2 Å². The third kappa shape index (κ3) is 4.58. The Hall–Kier alpha value is -3.02. The number of nitrogens with one attached hydrogen (secondary N) is 1. The molecule has 1 aliphatic heterocycles. The van der Waals surface area contributed by atoms with Gasteiger partial charge in [0.15, 0.2) is 5.78 Å². The lowest BCUT2D eigenvalue weighted by molar-refractivity contribution is 0.0859. The summed E-state index contributed by atoms with van der Waals surface area (Å²) < 4.78 is 10.3. The highest BCUT2D eigenvalue weighted by Crippen LogP contribution is 2.24. The molecule has 6 nitrogen and oxygen atoms in total. The summed E-state index contributed by atoms with van der Waals surface area (Å²) in [7, 11) is 3.19. The maximum absolute atomic E-state index is 12.7. The lowest BCUT2D eigenvalue weighted by Gasteiger charge is -2.31. The van der Waals surface area contributed by atoms with Gasteiger partial charge in [0.1, 0.15) is 11.5 Å². The Balaban J connectivity index is 1.54. The summed E-state index contributed by atoms with van der Waals surface area (Å²) in [5.41, 5.74) is 1.38. The fourth-order valence-electron chi connectivity index (χ4n) is 3.24. The van der Waals surface area contributed by atoms with Gasteiger partial charge < -0.3 is 19.7 Å². The van der Waals surface area contributed by atoms with E-state index >= 15 is 0 Å². The zero-order valence-electron chi connectivity index (χ0n) is 15.6. The first kappa shape index (κ1) is 18.8. The molecule has 1 fully saturated rings. The quantitative estimate of drug-likeness (QED) is 0.815. The van der Waals surface area contributed by atoms with Gasteiger partial charge in [0.2, 0.25) is 0 Å². The molecule has 2 amide bonds. The number of carbonyl (C=O) groups excluding carboxylic acids is 2. The normalized spacial score (nSPS) is 14.5. The molecule has 0 aromatic heterocycles. The van der Waals surface area contributed by atoms with Crippen LogP contribution in [0.1, 0.15) is 23.2 Å². The second-order valence-electron chi connectivity index (χ2n) is 6.52. The molecule has 1 N–H and O–H groups in total. The standard InChI is InChI=1S/C21H24N2O4/c1-26-18-8-6-15(7-9-18)20(24)16-10-12-23(13-11-16)21(25)22-17-4-3-5-19(14-17)27-2/h3-9,14,16H,10-13H2,1-2H3,(H,22,25). The molecule has 0 aliphatic carbocycles. The van der Waals surface area contributed by atoms with Crippen molar-refractivity contribution in [2.45, 2.75) is 12.8 Å². The summed E-state index contributed by atoms with van der Waals surface area (Å²) in [6.45, 7) is 1.12. The van der Waals surface area contributed by atoms with Gasteiger partial charge in [0, 0.05) is 36.3 Å². The van der Waals surface area contributed by atoms with E-state index in [1.807, 2.05) is 18.2 Å². The van der Waals surface area contributed by atoms with Crippen LogP contribution in [0.25, 0.3) is 0 Å². The highest BCUT2D eigenvalue weighted by Gasteiger charge is 2.28. The second kappa shape index (κ2) is 8.58. The molecule has 2 aromatic rings. The zero-order chi connectivity index (χ0) is 19.2. The van der Waals surface area contributed by atoms with Crippen LogP contribution < -0.4 is 14.8 Å². The van der Waals surface area contributed by atoms with Gasteiger partial charge >= 0.3 is 6.03 Å².